The first-order chi connectivity index (χ1) is 6.19. The molecule has 1 rings (SSSR count). The fourth-order valence-electron chi connectivity index (χ4n) is 0.955. The Labute approximate surface area is 75.6 Å². The molecule has 0 amide bonds. The van der Waals surface area contributed by atoms with E-state index in [9.17, 15) is 0 Å². The number of ether oxygens (including phenoxy) is 1. The van der Waals surface area contributed by atoms with Crippen molar-refractivity contribution in [2.75, 3.05) is 12.8 Å². The van der Waals surface area contributed by atoms with Gasteiger partial charge in [0.15, 0.2) is 5.84 Å². The summed E-state index contributed by atoms with van der Waals surface area (Å²) >= 11 is 0. The van der Waals surface area contributed by atoms with Crippen LogP contribution >= 0.6 is 0 Å². The molecular weight excluding hydrogens is 170 g/mol. The summed E-state index contributed by atoms with van der Waals surface area (Å²) in [5.74, 6) is 0.618. The van der Waals surface area contributed by atoms with Gasteiger partial charge in [-0.3, -0.25) is 0 Å². The van der Waals surface area contributed by atoms with Crippen LogP contribution in [0.25, 0.3) is 0 Å². The topological polar surface area (TPSA) is 93.9 Å². The summed E-state index contributed by atoms with van der Waals surface area (Å²) in [7, 11) is 1.54. The van der Waals surface area contributed by atoms with E-state index in [-0.39, 0.29) is 5.84 Å². The van der Waals surface area contributed by atoms with Gasteiger partial charge in [-0.15, -0.1) is 0 Å². The van der Waals surface area contributed by atoms with E-state index in [1.165, 1.54) is 7.11 Å². The number of anilines is 1. The van der Waals surface area contributed by atoms with E-state index in [0.717, 1.165) is 0 Å². The van der Waals surface area contributed by atoms with Crippen LogP contribution in [0.15, 0.2) is 23.4 Å². The first-order valence-corrected chi connectivity index (χ1v) is 3.60. The van der Waals surface area contributed by atoms with Gasteiger partial charge in [0.05, 0.1) is 7.11 Å². The number of nitrogens with zero attached hydrogens (tertiary/aromatic N) is 1. The van der Waals surface area contributed by atoms with Crippen molar-refractivity contribution in [1.29, 1.82) is 0 Å². The summed E-state index contributed by atoms with van der Waals surface area (Å²) in [6.07, 6.45) is 0. The monoisotopic (exact) mass is 181 g/mol. The lowest BCUT2D eigenvalue weighted by Gasteiger charge is -2.05. The van der Waals surface area contributed by atoms with Gasteiger partial charge in [-0.2, -0.15) is 0 Å². The summed E-state index contributed by atoms with van der Waals surface area (Å²) in [5, 5.41) is 11.3. The summed E-state index contributed by atoms with van der Waals surface area (Å²) in [5.41, 5.74) is 11.9. The van der Waals surface area contributed by atoms with Crippen LogP contribution in [0.1, 0.15) is 5.56 Å². The standard InChI is InChI=1S/C8H11N3O2/c1-13-5-2-3-6(7(9)4-5)8(10)11-12/h2-4,12H,9H2,1H3,(H2,10,11). The van der Waals surface area contributed by atoms with Gasteiger partial charge in [-0.1, -0.05) is 5.16 Å². The van der Waals surface area contributed by atoms with Gasteiger partial charge in [0, 0.05) is 17.3 Å². The molecule has 0 heterocycles. The fourth-order valence-corrected chi connectivity index (χ4v) is 0.955. The molecule has 5 N–H and O–H groups in total. The molecule has 0 aromatic heterocycles. The lowest BCUT2D eigenvalue weighted by Crippen LogP contribution is -2.15. The number of hydrogen-bond donors (Lipinski definition) is 3. The van der Waals surface area contributed by atoms with Crippen molar-refractivity contribution in [3.63, 3.8) is 0 Å². The second-order valence-corrected chi connectivity index (χ2v) is 2.44. The highest BCUT2D eigenvalue weighted by Crippen LogP contribution is 2.18. The van der Waals surface area contributed by atoms with Gasteiger partial charge < -0.3 is 21.4 Å². The van der Waals surface area contributed by atoms with Gasteiger partial charge in [0.1, 0.15) is 5.75 Å². The average Bonchev–Trinajstić information content (AvgIpc) is 2.16. The quantitative estimate of drug-likeness (QED) is 0.202. The van der Waals surface area contributed by atoms with Crippen LogP contribution < -0.4 is 16.2 Å². The Morgan fingerprint density at radius 3 is 2.69 bits per heavy atom. The number of amidine groups is 1. The highest BCUT2D eigenvalue weighted by atomic mass is 16.5. The fraction of sp³-hybridized carbons (Fsp3) is 0.125. The Morgan fingerprint density at radius 1 is 1.54 bits per heavy atom. The molecule has 70 valence electrons. The molecule has 0 fully saturated rings. The first kappa shape index (κ1) is 9.18. The van der Waals surface area contributed by atoms with Crippen LogP contribution in [0.5, 0.6) is 5.75 Å². The molecule has 0 saturated carbocycles. The molecule has 1 aromatic carbocycles. The molecule has 0 unspecified atom stereocenters. The normalized spacial score (nSPS) is 11.3. The van der Waals surface area contributed by atoms with Gasteiger partial charge >= 0.3 is 0 Å². The van der Waals surface area contributed by atoms with Gasteiger partial charge in [-0.05, 0) is 12.1 Å². The number of oxime groups is 1. The predicted molar refractivity (Wildman–Crippen MR) is 49.9 cm³/mol. The zero-order valence-electron chi connectivity index (χ0n) is 7.19. The summed E-state index contributed by atoms with van der Waals surface area (Å²) in [4.78, 5) is 0. The van der Waals surface area contributed by atoms with Crippen LogP contribution in [-0.4, -0.2) is 18.2 Å². The van der Waals surface area contributed by atoms with Crippen LogP contribution in [0, 0.1) is 0 Å². The third kappa shape index (κ3) is 1.81. The maximum atomic E-state index is 8.42. The molecule has 0 aliphatic rings. The van der Waals surface area contributed by atoms with Gasteiger partial charge in [0.2, 0.25) is 0 Å². The summed E-state index contributed by atoms with van der Waals surface area (Å²) < 4.78 is 4.94. The van der Waals surface area contributed by atoms with Crippen molar-refractivity contribution in [2.45, 2.75) is 0 Å². The molecule has 0 aliphatic carbocycles. The molecule has 0 spiro atoms. The lowest BCUT2D eigenvalue weighted by molar-refractivity contribution is 0.318. The second kappa shape index (κ2) is 3.66. The molecule has 0 saturated heterocycles. The van der Waals surface area contributed by atoms with E-state index < -0.39 is 0 Å². The first-order valence-electron chi connectivity index (χ1n) is 3.60. The highest BCUT2D eigenvalue weighted by molar-refractivity contribution is 6.01. The van der Waals surface area contributed by atoms with Crippen LogP contribution in [0.3, 0.4) is 0 Å². The Kier molecular flexibility index (Phi) is 2.59. The number of rotatable bonds is 2. The molecule has 0 radical (unpaired) electrons. The van der Waals surface area contributed by atoms with E-state index in [1.54, 1.807) is 18.2 Å². The molecule has 5 nitrogen and oxygen atoms in total. The Bertz CT molecular complexity index is 336. The Hall–Kier alpha value is -1.91. The molecular formula is C8H11N3O2. The largest absolute Gasteiger partial charge is 0.497 e. The average molecular weight is 181 g/mol. The SMILES string of the molecule is COc1ccc(/C(N)=N/O)c(N)c1. The number of methoxy groups -OCH3 is 1. The van der Waals surface area contributed by atoms with Crippen LogP contribution in [-0.2, 0) is 0 Å². The molecule has 5 heteroatoms. The van der Waals surface area contributed by atoms with Crippen molar-refractivity contribution in [3.05, 3.63) is 23.8 Å². The van der Waals surface area contributed by atoms with Crippen LogP contribution in [0.2, 0.25) is 0 Å². The van der Waals surface area contributed by atoms with Crippen molar-refractivity contribution >= 4 is 11.5 Å². The highest BCUT2D eigenvalue weighted by Gasteiger charge is 2.04. The van der Waals surface area contributed by atoms with E-state index in [2.05, 4.69) is 5.16 Å². The Balaban J connectivity index is 3.12. The van der Waals surface area contributed by atoms with Crippen molar-refractivity contribution in [1.82, 2.24) is 0 Å². The molecule has 0 aliphatic heterocycles. The minimum atomic E-state index is -0.0137. The van der Waals surface area contributed by atoms with Crippen molar-refractivity contribution in [2.24, 2.45) is 10.9 Å². The van der Waals surface area contributed by atoms with Gasteiger partial charge in [-0.25, -0.2) is 0 Å². The van der Waals surface area contributed by atoms with Crippen LogP contribution in [0.4, 0.5) is 5.69 Å². The van der Waals surface area contributed by atoms with E-state index in [1.807, 2.05) is 0 Å². The second-order valence-electron chi connectivity index (χ2n) is 2.44. The number of hydrogen-bond acceptors (Lipinski definition) is 4. The Morgan fingerprint density at radius 2 is 2.23 bits per heavy atom. The third-order valence-electron chi connectivity index (χ3n) is 1.64. The minimum Gasteiger partial charge on any atom is -0.497 e. The number of nitrogens with two attached hydrogens (primary N) is 2. The van der Waals surface area contributed by atoms with E-state index >= 15 is 0 Å². The molecule has 0 atom stereocenters. The zero-order chi connectivity index (χ0) is 9.84. The van der Waals surface area contributed by atoms with E-state index in [4.69, 9.17) is 21.4 Å². The lowest BCUT2D eigenvalue weighted by atomic mass is 10.1. The van der Waals surface area contributed by atoms with Gasteiger partial charge in [0.25, 0.3) is 0 Å². The predicted octanol–water partition coefficient (Wildman–Crippen LogP) is 0.372. The molecule has 0 bridgehead atoms. The molecule has 1 aromatic rings. The van der Waals surface area contributed by atoms with Crippen molar-refractivity contribution in [3.8, 4) is 5.75 Å². The minimum absolute atomic E-state index is 0.0137. The summed E-state index contributed by atoms with van der Waals surface area (Å²) in [6.45, 7) is 0. The molecule has 13 heavy (non-hydrogen) atoms. The van der Waals surface area contributed by atoms with Crippen molar-refractivity contribution < 1.29 is 9.94 Å². The third-order valence-corrected chi connectivity index (χ3v) is 1.64. The maximum absolute atomic E-state index is 8.42. The smallest absolute Gasteiger partial charge is 0.172 e. The number of nitrogen functional groups attached to an aromatic ring is 1. The number of benzene rings is 1. The maximum Gasteiger partial charge on any atom is 0.172 e. The zero-order valence-corrected chi connectivity index (χ0v) is 7.19. The van der Waals surface area contributed by atoms with E-state index in [0.29, 0.717) is 17.0 Å². The summed E-state index contributed by atoms with van der Waals surface area (Å²) in [6, 6.07) is 4.92.